The molecule has 4 nitrogen and oxygen atoms in total. The van der Waals surface area contributed by atoms with Crippen molar-refractivity contribution in [2.24, 2.45) is 0 Å². The van der Waals surface area contributed by atoms with Crippen molar-refractivity contribution in [3.8, 4) is 0 Å². The van der Waals surface area contributed by atoms with Crippen LogP contribution >= 0.6 is 0 Å². The summed E-state index contributed by atoms with van der Waals surface area (Å²) in [6.07, 6.45) is 0.496. The Morgan fingerprint density at radius 3 is 2.64 bits per heavy atom. The third-order valence-corrected chi connectivity index (χ3v) is 4.59. The second-order valence-corrected chi connectivity index (χ2v) is 6.47. The maximum Gasteiger partial charge on any atom is 0.251 e. The Morgan fingerprint density at radius 2 is 1.88 bits per heavy atom. The standard InChI is InChI=1S/C21H22N2O2/c1-13-5-4-6-17(11-13)20(24)22-10-9-18-12-16-8-7-14(2)15(3)19(16)23-21(18)25/h4-8,11-12H,9-10H2,1-3H3,(H,22,24)(H,23,25). The number of H-pyrrole nitrogens is 1. The second kappa shape index (κ2) is 6.93. The quantitative estimate of drug-likeness (QED) is 0.768. The van der Waals surface area contributed by atoms with Crippen molar-refractivity contribution in [2.45, 2.75) is 27.2 Å². The molecule has 4 heteroatoms. The van der Waals surface area contributed by atoms with Crippen LogP contribution in [-0.4, -0.2) is 17.4 Å². The molecule has 1 heterocycles. The third-order valence-electron chi connectivity index (χ3n) is 4.59. The van der Waals surface area contributed by atoms with E-state index in [1.54, 1.807) is 6.07 Å². The van der Waals surface area contributed by atoms with Crippen LogP contribution in [0.15, 0.2) is 47.3 Å². The number of hydrogen-bond acceptors (Lipinski definition) is 2. The van der Waals surface area contributed by atoms with E-state index in [2.05, 4.69) is 16.4 Å². The van der Waals surface area contributed by atoms with Gasteiger partial charge in [0.15, 0.2) is 0 Å². The average Bonchev–Trinajstić information content (AvgIpc) is 2.59. The molecule has 2 aromatic carbocycles. The lowest BCUT2D eigenvalue weighted by atomic mass is 10.0. The van der Waals surface area contributed by atoms with E-state index in [4.69, 9.17) is 0 Å². The Kier molecular flexibility index (Phi) is 4.70. The van der Waals surface area contributed by atoms with E-state index in [9.17, 15) is 9.59 Å². The van der Waals surface area contributed by atoms with Crippen molar-refractivity contribution in [3.05, 3.63) is 80.6 Å². The normalized spacial score (nSPS) is 10.8. The number of hydrogen-bond donors (Lipinski definition) is 2. The fraction of sp³-hybridized carbons (Fsp3) is 0.238. The molecule has 1 amide bonds. The summed E-state index contributed by atoms with van der Waals surface area (Å²) in [4.78, 5) is 27.5. The molecule has 128 valence electrons. The summed E-state index contributed by atoms with van der Waals surface area (Å²) in [5, 5.41) is 3.90. The van der Waals surface area contributed by atoms with Gasteiger partial charge in [0.1, 0.15) is 0 Å². The molecule has 0 aliphatic rings. The average molecular weight is 334 g/mol. The van der Waals surface area contributed by atoms with Crippen molar-refractivity contribution >= 4 is 16.8 Å². The minimum Gasteiger partial charge on any atom is -0.352 e. The Labute approximate surface area is 146 Å². The van der Waals surface area contributed by atoms with Gasteiger partial charge in [-0.3, -0.25) is 9.59 Å². The van der Waals surface area contributed by atoms with E-state index >= 15 is 0 Å². The third kappa shape index (κ3) is 3.63. The minimum absolute atomic E-state index is 0.0917. The van der Waals surface area contributed by atoms with Crippen LogP contribution in [0.2, 0.25) is 0 Å². The van der Waals surface area contributed by atoms with E-state index in [0.29, 0.717) is 24.1 Å². The van der Waals surface area contributed by atoms with E-state index in [1.807, 2.05) is 51.1 Å². The van der Waals surface area contributed by atoms with Crippen molar-refractivity contribution < 1.29 is 4.79 Å². The first-order valence-corrected chi connectivity index (χ1v) is 8.42. The molecule has 0 spiro atoms. The molecular formula is C21H22N2O2. The van der Waals surface area contributed by atoms with Gasteiger partial charge in [-0.1, -0.05) is 29.8 Å². The molecule has 0 bridgehead atoms. The Bertz CT molecular complexity index is 1000. The Morgan fingerprint density at radius 1 is 1.08 bits per heavy atom. The van der Waals surface area contributed by atoms with E-state index in [1.165, 1.54) is 0 Å². The maximum atomic E-state index is 12.3. The SMILES string of the molecule is Cc1cccc(C(=O)NCCc2cc3ccc(C)c(C)c3[nH]c2=O)c1. The number of carbonyl (C=O) groups is 1. The van der Waals surface area contributed by atoms with Crippen molar-refractivity contribution in [3.63, 3.8) is 0 Å². The van der Waals surface area contributed by atoms with Gasteiger partial charge < -0.3 is 10.3 Å². The minimum atomic E-state index is -0.118. The summed E-state index contributed by atoms with van der Waals surface area (Å²) < 4.78 is 0. The highest BCUT2D eigenvalue weighted by Crippen LogP contribution is 2.18. The fourth-order valence-electron chi connectivity index (χ4n) is 2.95. The monoisotopic (exact) mass is 334 g/mol. The van der Waals surface area contributed by atoms with Gasteiger partial charge in [0.25, 0.3) is 11.5 Å². The number of aryl methyl sites for hydroxylation is 3. The van der Waals surface area contributed by atoms with Crippen LogP contribution in [0.1, 0.15) is 32.6 Å². The molecule has 0 saturated carbocycles. The van der Waals surface area contributed by atoms with Crippen molar-refractivity contribution in [1.29, 1.82) is 0 Å². The van der Waals surface area contributed by atoms with Crippen LogP contribution in [0, 0.1) is 20.8 Å². The summed E-state index contributed by atoms with van der Waals surface area (Å²) >= 11 is 0. The fourth-order valence-corrected chi connectivity index (χ4v) is 2.95. The lowest BCUT2D eigenvalue weighted by molar-refractivity contribution is 0.0954. The molecule has 0 atom stereocenters. The molecular weight excluding hydrogens is 312 g/mol. The van der Waals surface area contributed by atoms with E-state index < -0.39 is 0 Å². The molecule has 1 aromatic heterocycles. The van der Waals surface area contributed by atoms with Crippen LogP contribution in [0.25, 0.3) is 10.9 Å². The van der Waals surface area contributed by atoms with Gasteiger partial charge in [-0.05, 0) is 61.9 Å². The van der Waals surface area contributed by atoms with Gasteiger partial charge in [0.2, 0.25) is 0 Å². The molecule has 3 aromatic rings. The molecule has 0 radical (unpaired) electrons. The van der Waals surface area contributed by atoms with E-state index in [0.717, 1.165) is 27.6 Å². The number of fused-ring (bicyclic) bond motifs is 1. The Hall–Kier alpha value is -2.88. The van der Waals surface area contributed by atoms with Crippen LogP contribution in [0.5, 0.6) is 0 Å². The summed E-state index contributed by atoms with van der Waals surface area (Å²) in [7, 11) is 0. The zero-order chi connectivity index (χ0) is 18.0. The number of carbonyl (C=O) groups excluding carboxylic acids is 1. The van der Waals surface area contributed by atoms with Crippen LogP contribution in [0.3, 0.4) is 0 Å². The Balaban J connectivity index is 1.73. The first-order valence-electron chi connectivity index (χ1n) is 8.42. The lowest BCUT2D eigenvalue weighted by Gasteiger charge is -2.09. The smallest absolute Gasteiger partial charge is 0.251 e. The van der Waals surface area contributed by atoms with Gasteiger partial charge in [-0.2, -0.15) is 0 Å². The molecule has 0 unspecified atom stereocenters. The summed E-state index contributed by atoms with van der Waals surface area (Å²) in [6.45, 7) is 6.42. The molecule has 0 saturated heterocycles. The summed E-state index contributed by atoms with van der Waals surface area (Å²) in [6, 6.07) is 13.4. The summed E-state index contributed by atoms with van der Waals surface area (Å²) in [5.41, 5.74) is 5.40. The van der Waals surface area contributed by atoms with Crippen molar-refractivity contribution in [1.82, 2.24) is 10.3 Å². The first kappa shape index (κ1) is 17.0. The van der Waals surface area contributed by atoms with Gasteiger partial charge >= 0.3 is 0 Å². The maximum absolute atomic E-state index is 12.3. The summed E-state index contributed by atoms with van der Waals surface area (Å²) in [5.74, 6) is -0.118. The lowest BCUT2D eigenvalue weighted by Crippen LogP contribution is -2.27. The highest BCUT2D eigenvalue weighted by Gasteiger charge is 2.08. The number of pyridine rings is 1. The second-order valence-electron chi connectivity index (χ2n) is 6.47. The largest absolute Gasteiger partial charge is 0.352 e. The number of rotatable bonds is 4. The zero-order valence-corrected chi connectivity index (χ0v) is 14.8. The van der Waals surface area contributed by atoms with Crippen LogP contribution < -0.4 is 10.9 Å². The van der Waals surface area contributed by atoms with Gasteiger partial charge in [0.05, 0.1) is 5.52 Å². The predicted molar refractivity (Wildman–Crippen MR) is 101 cm³/mol. The number of amides is 1. The highest BCUT2D eigenvalue weighted by atomic mass is 16.1. The number of aromatic nitrogens is 1. The number of benzene rings is 2. The topological polar surface area (TPSA) is 62.0 Å². The molecule has 0 fully saturated rings. The first-order chi connectivity index (χ1) is 12.0. The van der Waals surface area contributed by atoms with Gasteiger partial charge in [0, 0.05) is 17.7 Å². The molecule has 3 rings (SSSR count). The highest BCUT2D eigenvalue weighted by molar-refractivity contribution is 5.94. The molecule has 2 N–H and O–H groups in total. The molecule has 0 aliphatic heterocycles. The van der Waals surface area contributed by atoms with Gasteiger partial charge in [-0.25, -0.2) is 0 Å². The number of aromatic amines is 1. The zero-order valence-electron chi connectivity index (χ0n) is 14.8. The van der Waals surface area contributed by atoms with Gasteiger partial charge in [-0.15, -0.1) is 0 Å². The van der Waals surface area contributed by atoms with Crippen LogP contribution in [0.4, 0.5) is 0 Å². The van der Waals surface area contributed by atoms with E-state index in [-0.39, 0.29) is 11.5 Å². The van der Waals surface area contributed by atoms with Crippen LogP contribution in [-0.2, 0) is 6.42 Å². The predicted octanol–water partition coefficient (Wildman–Crippen LogP) is 3.43. The van der Waals surface area contributed by atoms with Crippen molar-refractivity contribution in [2.75, 3.05) is 6.54 Å². The molecule has 0 aliphatic carbocycles. The number of nitrogens with one attached hydrogen (secondary N) is 2. The molecule has 25 heavy (non-hydrogen) atoms.